The molecule has 0 spiro atoms. The fourth-order valence-corrected chi connectivity index (χ4v) is 3.06. The Morgan fingerprint density at radius 2 is 2.04 bits per heavy atom. The molecule has 7 heteroatoms. The number of carbonyl (C=O) groups is 2. The van der Waals surface area contributed by atoms with E-state index >= 15 is 0 Å². The zero-order valence-corrected chi connectivity index (χ0v) is 14.1. The minimum absolute atomic E-state index is 0.206. The van der Waals surface area contributed by atoms with E-state index < -0.39 is 5.97 Å². The first kappa shape index (κ1) is 16.3. The largest absolute Gasteiger partial charge is 0.454 e. The van der Waals surface area contributed by atoms with Crippen molar-refractivity contribution in [2.75, 3.05) is 13.4 Å². The van der Waals surface area contributed by atoms with Crippen LogP contribution in [0.3, 0.4) is 0 Å². The number of esters is 1. The van der Waals surface area contributed by atoms with Crippen molar-refractivity contribution in [3.63, 3.8) is 0 Å². The Bertz CT molecular complexity index is 770. The molecule has 1 aromatic carbocycles. The Hall–Kier alpha value is -2.54. The van der Waals surface area contributed by atoms with Crippen molar-refractivity contribution in [3.05, 3.63) is 45.6 Å². The molecular weight excluding hydrogens is 330 g/mol. The Morgan fingerprint density at radius 1 is 1.25 bits per heavy atom. The second-order valence-corrected chi connectivity index (χ2v) is 6.68. The van der Waals surface area contributed by atoms with E-state index in [0.717, 1.165) is 10.4 Å². The van der Waals surface area contributed by atoms with Crippen LogP contribution in [0, 0.1) is 6.92 Å². The number of aryl methyl sites for hydroxylation is 1. The lowest BCUT2D eigenvalue weighted by molar-refractivity contribution is -0.124. The van der Waals surface area contributed by atoms with Gasteiger partial charge in [0.05, 0.1) is 6.04 Å². The molecule has 2 aromatic rings. The van der Waals surface area contributed by atoms with Crippen molar-refractivity contribution < 1.29 is 23.8 Å². The molecule has 126 valence electrons. The van der Waals surface area contributed by atoms with Crippen LogP contribution in [0.4, 0.5) is 0 Å². The Morgan fingerprint density at radius 3 is 2.79 bits per heavy atom. The van der Waals surface area contributed by atoms with Crippen LogP contribution in [0.5, 0.6) is 11.5 Å². The molecule has 6 nitrogen and oxygen atoms in total. The summed E-state index contributed by atoms with van der Waals surface area (Å²) in [6, 6.07) is 8.78. The highest BCUT2D eigenvalue weighted by Crippen LogP contribution is 2.34. The highest BCUT2D eigenvalue weighted by atomic mass is 32.1. The summed E-state index contributed by atoms with van der Waals surface area (Å²) in [7, 11) is 0. The van der Waals surface area contributed by atoms with Gasteiger partial charge < -0.3 is 19.5 Å². The van der Waals surface area contributed by atoms with Crippen molar-refractivity contribution in [2.24, 2.45) is 0 Å². The van der Waals surface area contributed by atoms with E-state index in [4.69, 9.17) is 14.2 Å². The molecule has 1 atom stereocenters. The summed E-state index contributed by atoms with van der Waals surface area (Å²) in [5.74, 6) is 0.506. The molecule has 0 bridgehead atoms. The van der Waals surface area contributed by atoms with E-state index in [1.54, 1.807) is 12.1 Å². The number of thiophene rings is 1. The number of hydrogen-bond donors (Lipinski definition) is 1. The van der Waals surface area contributed by atoms with Crippen molar-refractivity contribution in [3.8, 4) is 11.5 Å². The maximum Gasteiger partial charge on any atom is 0.348 e. The van der Waals surface area contributed by atoms with Gasteiger partial charge in [-0.05, 0) is 43.7 Å². The normalized spacial score (nSPS) is 13.4. The van der Waals surface area contributed by atoms with Crippen LogP contribution in [0.25, 0.3) is 0 Å². The van der Waals surface area contributed by atoms with Gasteiger partial charge in [0.25, 0.3) is 5.91 Å². The molecule has 24 heavy (non-hydrogen) atoms. The lowest BCUT2D eigenvalue weighted by atomic mass is 10.1. The maximum atomic E-state index is 12.0. The van der Waals surface area contributed by atoms with E-state index in [-0.39, 0.29) is 25.3 Å². The van der Waals surface area contributed by atoms with Gasteiger partial charge in [-0.25, -0.2) is 4.79 Å². The number of ether oxygens (including phenoxy) is 3. The molecule has 0 saturated carbocycles. The Balaban J connectivity index is 1.52. The van der Waals surface area contributed by atoms with Gasteiger partial charge in [-0.1, -0.05) is 6.07 Å². The molecule has 0 fully saturated rings. The van der Waals surface area contributed by atoms with Crippen LogP contribution in [-0.4, -0.2) is 25.3 Å². The van der Waals surface area contributed by atoms with E-state index in [0.29, 0.717) is 16.4 Å². The average molecular weight is 347 g/mol. The van der Waals surface area contributed by atoms with Crippen LogP contribution in [0.15, 0.2) is 30.3 Å². The average Bonchev–Trinajstić information content (AvgIpc) is 3.20. The molecule has 0 aliphatic carbocycles. The first-order valence-corrected chi connectivity index (χ1v) is 8.27. The number of hydrogen-bond acceptors (Lipinski definition) is 6. The van der Waals surface area contributed by atoms with Gasteiger partial charge in [0.1, 0.15) is 4.88 Å². The third-order valence-electron chi connectivity index (χ3n) is 3.55. The molecular formula is C17H17NO5S. The number of carbonyl (C=O) groups excluding carboxylic acids is 2. The van der Waals surface area contributed by atoms with Crippen molar-refractivity contribution in [1.29, 1.82) is 0 Å². The summed E-state index contributed by atoms with van der Waals surface area (Å²) in [5.41, 5.74) is 0.882. The van der Waals surface area contributed by atoms with Crippen molar-refractivity contribution in [1.82, 2.24) is 5.32 Å². The molecule has 1 aliphatic heterocycles. The molecule has 3 rings (SSSR count). The third-order valence-corrected chi connectivity index (χ3v) is 4.53. The second-order valence-electron chi connectivity index (χ2n) is 5.39. The Kier molecular flexibility index (Phi) is 4.71. The fraction of sp³-hybridized carbons (Fsp3) is 0.294. The summed E-state index contributed by atoms with van der Waals surface area (Å²) in [5, 5.41) is 2.79. The number of rotatable bonds is 5. The third kappa shape index (κ3) is 3.68. The first-order chi connectivity index (χ1) is 11.5. The second kappa shape index (κ2) is 6.92. The standard InChI is InChI=1S/C17H17NO5S/c1-10-3-6-15(24-10)17(20)21-8-16(19)18-11(2)12-4-5-13-14(7-12)23-9-22-13/h3-7,11H,8-9H2,1-2H3,(H,18,19)/t11-/m0/s1. The predicted octanol–water partition coefficient (Wildman–Crippen LogP) is 2.82. The van der Waals surface area contributed by atoms with Crippen molar-refractivity contribution in [2.45, 2.75) is 19.9 Å². The minimum Gasteiger partial charge on any atom is -0.454 e. The molecule has 1 aliphatic rings. The highest BCUT2D eigenvalue weighted by molar-refractivity contribution is 7.13. The highest BCUT2D eigenvalue weighted by Gasteiger charge is 2.18. The van der Waals surface area contributed by atoms with Crippen molar-refractivity contribution >= 4 is 23.2 Å². The number of amides is 1. The minimum atomic E-state index is -0.487. The van der Waals surface area contributed by atoms with Gasteiger partial charge in [-0.3, -0.25) is 4.79 Å². The molecule has 1 aromatic heterocycles. The summed E-state index contributed by atoms with van der Waals surface area (Å²) in [4.78, 5) is 25.3. The van der Waals surface area contributed by atoms with E-state index in [1.165, 1.54) is 11.3 Å². The van der Waals surface area contributed by atoms with Gasteiger partial charge in [0, 0.05) is 4.88 Å². The van der Waals surface area contributed by atoms with Crippen LogP contribution in [-0.2, 0) is 9.53 Å². The summed E-state index contributed by atoms with van der Waals surface area (Å²) in [6.45, 7) is 3.64. The van der Waals surface area contributed by atoms with E-state index in [1.807, 2.05) is 32.0 Å². The quantitative estimate of drug-likeness (QED) is 0.842. The summed E-state index contributed by atoms with van der Waals surface area (Å²) in [6.07, 6.45) is 0. The zero-order valence-electron chi connectivity index (χ0n) is 13.3. The van der Waals surface area contributed by atoms with Crippen LogP contribution < -0.4 is 14.8 Å². The van der Waals surface area contributed by atoms with Crippen LogP contribution in [0.1, 0.15) is 33.1 Å². The SMILES string of the molecule is Cc1ccc(C(=O)OCC(=O)N[C@@H](C)c2ccc3c(c2)OCO3)s1. The molecule has 0 saturated heterocycles. The van der Waals surface area contributed by atoms with Gasteiger partial charge in [-0.2, -0.15) is 0 Å². The molecule has 0 unspecified atom stereocenters. The number of benzene rings is 1. The van der Waals surface area contributed by atoms with E-state index in [9.17, 15) is 9.59 Å². The maximum absolute atomic E-state index is 12.0. The van der Waals surface area contributed by atoms with Gasteiger partial charge in [0.2, 0.25) is 6.79 Å². The summed E-state index contributed by atoms with van der Waals surface area (Å²) < 4.78 is 15.6. The van der Waals surface area contributed by atoms with Gasteiger partial charge in [0.15, 0.2) is 18.1 Å². The molecule has 0 radical (unpaired) electrons. The number of nitrogens with one attached hydrogen (secondary N) is 1. The number of fused-ring (bicyclic) bond motifs is 1. The van der Waals surface area contributed by atoms with Crippen LogP contribution in [0.2, 0.25) is 0 Å². The first-order valence-electron chi connectivity index (χ1n) is 7.45. The Labute approximate surface area is 143 Å². The van der Waals surface area contributed by atoms with Gasteiger partial charge in [-0.15, -0.1) is 11.3 Å². The fourth-order valence-electron chi connectivity index (χ4n) is 2.30. The molecule has 2 heterocycles. The topological polar surface area (TPSA) is 73.9 Å². The molecule has 1 N–H and O–H groups in total. The van der Waals surface area contributed by atoms with Gasteiger partial charge >= 0.3 is 5.97 Å². The van der Waals surface area contributed by atoms with Crippen LogP contribution >= 0.6 is 11.3 Å². The smallest absolute Gasteiger partial charge is 0.348 e. The zero-order chi connectivity index (χ0) is 17.1. The lowest BCUT2D eigenvalue weighted by Gasteiger charge is -2.14. The summed E-state index contributed by atoms with van der Waals surface area (Å²) >= 11 is 1.34. The molecule has 1 amide bonds. The predicted molar refractivity (Wildman–Crippen MR) is 88.5 cm³/mol. The lowest BCUT2D eigenvalue weighted by Crippen LogP contribution is -2.31. The van der Waals surface area contributed by atoms with E-state index in [2.05, 4.69) is 5.32 Å². The monoisotopic (exact) mass is 347 g/mol.